The molecule has 5 unspecified atom stereocenters. The van der Waals surface area contributed by atoms with Gasteiger partial charge >= 0.3 is 0 Å². The molecule has 0 aliphatic carbocycles. The summed E-state index contributed by atoms with van der Waals surface area (Å²) in [4.78, 5) is 11.3. The molecule has 5 fully saturated rings. The summed E-state index contributed by atoms with van der Waals surface area (Å²) in [6.45, 7) is 7.90. The standard InChI is InChI=1S/C20H37N5O3/c1-2-17(25(7-1)16-5-10-26-11-6-16)20-22-19(23-28-20)15-3-4-18(21-14-15)24-8-12-27-13-9-24/h15-23H,1-14H2. The lowest BCUT2D eigenvalue weighted by molar-refractivity contribution is -0.0465. The van der Waals surface area contributed by atoms with Crippen LogP contribution in [0.4, 0.5) is 0 Å². The summed E-state index contributed by atoms with van der Waals surface area (Å²) in [5, 5.41) is 7.56. The van der Waals surface area contributed by atoms with E-state index in [2.05, 4.69) is 25.9 Å². The fraction of sp³-hybridized carbons (Fsp3) is 1.00. The SMILES string of the molecule is C1CC(C2NC(C3CCC(N4CCOCC4)NC3)NO2)N(C2CCOCC2)C1. The molecule has 5 rings (SSSR count). The van der Waals surface area contributed by atoms with E-state index in [-0.39, 0.29) is 12.4 Å². The monoisotopic (exact) mass is 395 g/mol. The molecular formula is C20H37N5O3. The summed E-state index contributed by atoms with van der Waals surface area (Å²) in [6, 6.07) is 1.15. The van der Waals surface area contributed by atoms with E-state index in [1.807, 2.05) is 0 Å². The van der Waals surface area contributed by atoms with Gasteiger partial charge in [0.15, 0.2) is 0 Å². The second-order valence-corrected chi connectivity index (χ2v) is 9.00. The lowest BCUT2D eigenvalue weighted by Gasteiger charge is -2.40. The van der Waals surface area contributed by atoms with Crippen molar-refractivity contribution >= 4 is 0 Å². The second kappa shape index (κ2) is 9.22. The maximum Gasteiger partial charge on any atom is 0.146 e. The quantitative estimate of drug-likeness (QED) is 0.618. The van der Waals surface area contributed by atoms with E-state index in [0.717, 1.165) is 58.9 Å². The van der Waals surface area contributed by atoms with Gasteiger partial charge in [-0.05, 0) is 45.1 Å². The van der Waals surface area contributed by atoms with Gasteiger partial charge in [0.25, 0.3) is 0 Å². The number of hydrogen-bond acceptors (Lipinski definition) is 8. The van der Waals surface area contributed by atoms with Crippen molar-refractivity contribution in [3.63, 3.8) is 0 Å². The molecule has 5 aliphatic rings. The minimum atomic E-state index is 0.104. The van der Waals surface area contributed by atoms with Crippen LogP contribution in [0, 0.1) is 5.92 Å². The number of nitrogens with one attached hydrogen (secondary N) is 3. The average Bonchev–Trinajstić information content (AvgIpc) is 3.45. The number of hydrogen-bond donors (Lipinski definition) is 3. The predicted octanol–water partition coefficient (Wildman–Crippen LogP) is 0.0643. The van der Waals surface area contributed by atoms with Crippen molar-refractivity contribution in [3.8, 4) is 0 Å². The summed E-state index contributed by atoms with van der Waals surface area (Å²) in [6.07, 6.45) is 8.12. The van der Waals surface area contributed by atoms with E-state index in [4.69, 9.17) is 14.3 Å². The molecule has 0 aromatic heterocycles. The Morgan fingerprint density at radius 2 is 1.64 bits per heavy atom. The highest BCUT2D eigenvalue weighted by Crippen LogP contribution is 2.30. The number of ether oxygens (including phenoxy) is 2. The Bertz CT molecular complexity index is 492. The molecule has 0 amide bonds. The van der Waals surface area contributed by atoms with Gasteiger partial charge < -0.3 is 14.8 Å². The van der Waals surface area contributed by atoms with Gasteiger partial charge in [0.05, 0.1) is 31.6 Å². The van der Waals surface area contributed by atoms with Crippen LogP contribution in [0.15, 0.2) is 0 Å². The molecule has 0 radical (unpaired) electrons. The van der Waals surface area contributed by atoms with Crippen molar-refractivity contribution in [2.75, 3.05) is 52.6 Å². The van der Waals surface area contributed by atoms with Crippen LogP contribution < -0.4 is 16.1 Å². The van der Waals surface area contributed by atoms with E-state index >= 15 is 0 Å². The Hall–Kier alpha value is -0.320. The highest BCUT2D eigenvalue weighted by Gasteiger charge is 2.42. The number of rotatable bonds is 4. The normalized spacial score (nSPS) is 42.2. The van der Waals surface area contributed by atoms with Crippen molar-refractivity contribution < 1.29 is 14.3 Å². The Morgan fingerprint density at radius 3 is 2.43 bits per heavy atom. The third-order valence-corrected chi connectivity index (χ3v) is 7.40. The Labute approximate surface area is 168 Å². The van der Waals surface area contributed by atoms with Crippen molar-refractivity contribution in [2.24, 2.45) is 5.92 Å². The van der Waals surface area contributed by atoms with Crippen LogP contribution in [0.25, 0.3) is 0 Å². The first-order valence-electron chi connectivity index (χ1n) is 11.4. The molecule has 8 heteroatoms. The predicted molar refractivity (Wildman–Crippen MR) is 105 cm³/mol. The number of hydroxylamine groups is 1. The van der Waals surface area contributed by atoms with Gasteiger partial charge in [-0.1, -0.05) is 0 Å². The molecule has 5 saturated heterocycles. The maximum absolute atomic E-state index is 6.08. The first-order valence-corrected chi connectivity index (χ1v) is 11.4. The van der Waals surface area contributed by atoms with Gasteiger partial charge in [-0.15, -0.1) is 0 Å². The topological polar surface area (TPSA) is 70.3 Å². The van der Waals surface area contributed by atoms with Gasteiger partial charge in [0, 0.05) is 44.8 Å². The third-order valence-electron chi connectivity index (χ3n) is 7.40. The first kappa shape index (κ1) is 19.6. The summed E-state index contributed by atoms with van der Waals surface area (Å²) in [5.41, 5.74) is 3.34. The maximum atomic E-state index is 6.08. The molecule has 28 heavy (non-hydrogen) atoms. The molecule has 0 spiro atoms. The summed E-state index contributed by atoms with van der Waals surface area (Å²) in [5.74, 6) is 0.570. The number of likely N-dealkylation sites (tertiary alicyclic amines) is 1. The zero-order valence-corrected chi connectivity index (χ0v) is 17.0. The van der Waals surface area contributed by atoms with Crippen molar-refractivity contribution in [3.05, 3.63) is 0 Å². The molecule has 160 valence electrons. The zero-order chi connectivity index (χ0) is 18.8. The van der Waals surface area contributed by atoms with Crippen LogP contribution in [0.5, 0.6) is 0 Å². The molecule has 3 N–H and O–H groups in total. The van der Waals surface area contributed by atoms with E-state index in [0.29, 0.717) is 24.2 Å². The summed E-state index contributed by atoms with van der Waals surface area (Å²) in [7, 11) is 0. The minimum Gasteiger partial charge on any atom is -0.381 e. The highest BCUT2D eigenvalue weighted by atomic mass is 16.7. The minimum absolute atomic E-state index is 0.104. The van der Waals surface area contributed by atoms with Crippen LogP contribution in [-0.2, 0) is 14.3 Å². The van der Waals surface area contributed by atoms with Crippen molar-refractivity contribution in [2.45, 2.75) is 69.2 Å². The molecule has 5 atom stereocenters. The Kier molecular flexibility index (Phi) is 6.47. The van der Waals surface area contributed by atoms with Crippen LogP contribution in [0.2, 0.25) is 0 Å². The van der Waals surface area contributed by atoms with Gasteiger partial charge in [0.1, 0.15) is 6.23 Å². The van der Waals surface area contributed by atoms with Gasteiger partial charge in [-0.2, -0.15) is 5.48 Å². The lowest BCUT2D eigenvalue weighted by Crippen LogP contribution is -2.57. The van der Waals surface area contributed by atoms with Crippen LogP contribution in [0.3, 0.4) is 0 Å². The van der Waals surface area contributed by atoms with Crippen LogP contribution >= 0.6 is 0 Å². The van der Waals surface area contributed by atoms with Crippen LogP contribution in [0.1, 0.15) is 38.5 Å². The number of nitrogens with zero attached hydrogens (tertiary/aromatic N) is 2. The molecule has 0 saturated carbocycles. The van der Waals surface area contributed by atoms with E-state index in [9.17, 15) is 0 Å². The third kappa shape index (κ3) is 4.25. The van der Waals surface area contributed by atoms with E-state index in [1.54, 1.807) is 0 Å². The Balaban J connectivity index is 1.11. The fourth-order valence-corrected chi connectivity index (χ4v) is 5.77. The largest absolute Gasteiger partial charge is 0.381 e. The molecule has 0 aromatic carbocycles. The summed E-state index contributed by atoms with van der Waals surface area (Å²) >= 11 is 0. The molecule has 0 bridgehead atoms. The molecule has 8 nitrogen and oxygen atoms in total. The van der Waals surface area contributed by atoms with E-state index in [1.165, 1.54) is 32.2 Å². The first-order chi connectivity index (χ1) is 13.9. The van der Waals surface area contributed by atoms with Gasteiger partial charge in [-0.25, -0.2) is 0 Å². The number of morpholine rings is 1. The zero-order valence-electron chi connectivity index (χ0n) is 17.0. The van der Waals surface area contributed by atoms with Crippen molar-refractivity contribution in [1.82, 2.24) is 25.9 Å². The Morgan fingerprint density at radius 1 is 0.821 bits per heavy atom. The molecule has 5 heterocycles. The van der Waals surface area contributed by atoms with Gasteiger partial charge in [-0.3, -0.25) is 20.0 Å². The molecular weight excluding hydrogens is 358 g/mol. The second-order valence-electron chi connectivity index (χ2n) is 9.00. The average molecular weight is 396 g/mol. The van der Waals surface area contributed by atoms with Crippen molar-refractivity contribution in [1.29, 1.82) is 0 Å². The van der Waals surface area contributed by atoms with Gasteiger partial charge in [0.2, 0.25) is 0 Å². The van der Waals surface area contributed by atoms with E-state index < -0.39 is 0 Å². The number of piperidine rings is 1. The smallest absolute Gasteiger partial charge is 0.146 e. The molecule has 0 aromatic rings. The summed E-state index contributed by atoms with van der Waals surface area (Å²) < 4.78 is 11.1. The lowest BCUT2D eigenvalue weighted by atomic mass is 9.94. The highest BCUT2D eigenvalue weighted by molar-refractivity contribution is 4.94. The van der Waals surface area contributed by atoms with Crippen LogP contribution in [-0.4, -0.2) is 93.0 Å². The fourth-order valence-electron chi connectivity index (χ4n) is 5.77. The molecule has 5 aliphatic heterocycles.